The zero-order valence-electron chi connectivity index (χ0n) is 20.1. The largest absolute Gasteiger partial charge is 0.477 e. The van der Waals surface area contributed by atoms with Crippen molar-refractivity contribution in [2.24, 2.45) is 11.8 Å². The molecule has 4 aromatic heterocycles. The Morgan fingerprint density at radius 1 is 1.11 bits per heavy atom. The van der Waals surface area contributed by atoms with Crippen LogP contribution in [0.1, 0.15) is 56.8 Å². The fourth-order valence-electron chi connectivity index (χ4n) is 4.76. The number of thiophene rings is 1. The summed E-state index contributed by atoms with van der Waals surface area (Å²) in [6.45, 7) is 6.02. The van der Waals surface area contributed by atoms with Crippen molar-refractivity contribution in [2.45, 2.75) is 52.5 Å². The van der Waals surface area contributed by atoms with Crippen LogP contribution >= 0.6 is 11.3 Å². The van der Waals surface area contributed by atoms with Gasteiger partial charge in [-0.3, -0.25) is 9.69 Å². The summed E-state index contributed by atoms with van der Waals surface area (Å²) in [6, 6.07) is 9.49. The molecule has 9 heteroatoms. The molecule has 4 heterocycles. The number of hydrogen-bond acceptors (Lipinski definition) is 5. The van der Waals surface area contributed by atoms with Crippen molar-refractivity contribution in [3.8, 4) is 15.6 Å². The molecule has 1 aliphatic carbocycles. The van der Waals surface area contributed by atoms with Crippen molar-refractivity contribution >= 4 is 34.7 Å². The number of imidazole rings is 1. The average Bonchev–Trinajstić information content (AvgIpc) is 3.57. The Labute approximate surface area is 207 Å². The molecule has 5 rings (SSSR count). The Bertz CT molecular complexity index is 1340. The standard InChI is InChI=1S/C26H29N5O3S/c1-16(2)31(25(32)18-9-7-17(3)8-10-18)24-19(26(33)34)14-30(28-24)23-12-11-21(35-23)20-15-29-13-5-4-6-22(29)27-20/h4-6,11-18H,7-10H2,1-3H3,(H,33,34)/t17-,18-. The van der Waals surface area contributed by atoms with Gasteiger partial charge in [0.15, 0.2) is 5.82 Å². The molecule has 35 heavy (non-hydrogen) atoms. The van der Waals surface area contributed by atoms with Gasteiger partial charge in [0.25, 0.3) is 0 Å². The number of carboxylic acids is 1. The summed E-state index contributed by atoms with van der Waals surface area (Å²) in [5.74, 6) is -0.390. The summed E-state index contributed by atoms with van der Waals surface area (Å²) in [4.78, 5) is 32.9. The lowest BCUT2D eigenvalue weighted by atomic mass is 9.82. The zero-order chi connectivity index (χ0) is 24.7. The number of carboxylic acid groups (broad SMARTS) is 1. The van der Waals surface area contributed by atoms with Crippen molar-refractivity contribution in [1.82, 2.24) is 19.2 Å². The van der Waals surface area contributed by atoms with Gasteiger partial charge in [-0.15, -0.1) is 16.4 Å². The van der Waals surface area contributed by atoms with Crippen LogP contribution in [0.3, 0.4) is 0 Å². The summed E-state index contributed by atoms with van der Waals surface area (Å²) in [5.41, 5.74) is 1.72. The van der Waals surface area contributed by atoms with E-state index in [1.54, 1.807) is 9.58 Å². The predicted molar refractivity (Wildman–Crippen MR) is 136 cm³/mol. The van der Waals surface area contributed by atoms with E-state index < -0.39 is 5.97 Å². The van der Waals surface area contributed by atoms with Gasteiger partial charge in [-0.2, -0.15) is 0 Å². The topological polar surface area (TPSA) is 92.7 Å². The Balaban J connectivity index is 1.48. The second-order valence-corrected chi connectivity index (χ2v) is 10.7. The highest BCUT2D eigenvalue weighted by Gasteiger charge is 2.34. The van der Waals surface area contributed by atoms with Crippen molar-refractivity contribution in [3.63, 3.8) is 0 Å². The average molecular weight is 492 g/mol. The maximum atomic E-state index is 13.5. The molecular formula is C26H29N5O3S. The van der Waals surface area contributed by atoms with E-state index in [2.05, 4.69) is 17.0 Å². The van der Waals surface area contributed by atoms with Gasteiger partial charge in [-0.1, -0.05) is 13.0 Å². The number of aromatic carboxylic acids is 1. The van der Waals surface area contributed by atoms with Gasteiger partial charge in [0.05, 0.1) is 10.6 Å². The smallest absolute Gasteiger partial charge is 0.341 e. The van der Waals surface area contributed by atoms with Crippen LogP contribution in [0, 0.1) is 11.8 Å². The molecule has 0 atom stereocenters. The van der Waals surface area contributed by atoms with E-state index in [0.29, 0.717) is 5.92 Å². The molecule has 0 aromatic carbocycles. The molecule has 1 aliphatic rings. The lowest BCUT2D eigenvalue weighted by Gasteiger charge is -2.32. The van der Waals surface area contributed by atoms with Gasteiger partial charge in [-0.25, -0.2) is 14.5 Å². The van der Waals surface area contributed by atoms with Crippen LogP contribution in [0.25, 0.3) is 21.2 Å². The number of pyridine rings is 1. The van der Waals surface area contributed by atoms with Crippen molar-refractivity contribution in [1.29, 1.82) is 0 Å². The number of hydrogen-bond donors (Lipinski definition) is 1. The number of rotatable bonds is 6. The monoisotopic (exact) mass is 491 g/mol. The van der Waals surface area contributed by atoms with Gasteiger partial charge in [0, 0.05) is 30.6 Å². The Morgan fingerprint density at radius 2 is 1.89 bits per heavy atom. The fourth-order valence-corrected chi connectivity index (χ4v) is 5.64. The first-order valence-electron chi connectivity index (χ1n) is 12.0. The van der Waals surface area contributed by atoms with Gasteiger partial charge >= 0.3 is 5.97 Å². The predicted octanol–water partition coefficient (Wildman–Crippen LogP) is 5.51. The molecule has 4 aromatic rings. The molecule has 1 amide bonds. The van der Waals surface area contributed by atoms with Crippen LogP contribution in [0.2, 0.25) is 0 Å². The highest BCUT2D eigenvalue weighted by Crippen LogP contribution is 2.34. The van der Waals surface area contributed by atoms with E-state index in [1.807, 2.05) is 61.0 Å². The third-order valence-electron chi connectivity index (χ3n) is 6.71. The van der Waals surface area contributed by atoms with Crippen molar-refractivity contribution in [3.05, 3.63) is 54.5 Å². The Hall–Kier alpha value is -3.46. The summed E-state index contributed by atoms with van der Waals surface area (Å²) >= 11 is 1.47. The lowest BCUT2D eigenvalue weighted by molar-refractivity contribution is -0.123. The van der Waals surface area contributed by atoms with Gasteiger partial charge < -0.3 is 9.51 Å². The number of aromatic nitrogens is 4. The summed E-state index contributed by atoms with van der Waals surface area (Å²) in [7, 11) is 0. The molecule has 182 valence electrons. The summed E-state index contributed by atoms with van der Waals surface area (Å²) in [6.07, 6.45) is 9.12. The highest BCUT2D eigenvalue weighted by molar-refractivity contribution is 7.17. The number of carbonyl (C=O) groups excluding carboxylic acids is 1. The normalized spacial score (nSPS) is 18.3. The number of nitrogens with zero attached hydrogens (tertiary/aromatic N) is 5. The van der Waals surface area contributed by atoms with Crippen LogP contribution in [0.15, 0.2) is 48.9 Å². The highest BCUT2D eigenvalue weighted by atomic mass is 32.1. The van der Waals surface area contributed by atoms with Crippen LogP contribution in [0.4, 0.5) is 5.82 Å². The second kappa shape index (κ2) is 9.30. The maximum Gasteiger partial charge on any atom is 0.341 e. The van der Waals surface area contributed by atoms with Crippen LogP contribution < -0.4 is 4.90 Å². The number of amides is 1. The molecule has 0 bridgehead atoms. The van der Waals surface area contributed by atoms with Crippen LogP contribution in [-0.2, 0) is 4.79 Å². The minimum atomic E-state index is -1.10. The van der Waals surface area contributed by atoms with Crippen LogP contribution in [0.5, 0.6) is 0 Å². The minimum absolute atomic E-state index is 0.0268. The van der Waals surface area contributed by atoms with E-state index in [-0.39, 0.29) is 29.2 Å². The molecule has 1 fully saturated rings. The molecule has 8 nitrogen and oxygen atoms in total. The first kappa shape index (κ1) is 23.3. The lowest BCUT2D eigenvalue weighted by Crippen LogP contribution is -2.43. The van der Waals surface area contributed by atoms with E-state index in [0.717, 1.165) is 46.9 Å². The van der Waals surface area contributed by atoms with Gasteiger partial charge in [0.2, 0.25) is 5.91 Å². The maximum absolute atomic E-state index is 13.5. The van der Waals surface area contributed by atoms with Crippen molar-refractivity contribution < 1.29 is 14.7 Å². The molecule has 1 N–H and O–H groups in total. The Kier molecular flexibility index (Phi) is 6.19. The third-order valence-corrected chi connectivity index (χ3v) is 7.80. The number of carbonyl (C=O) groups is 2. The quantitative estimate of drug-likeness (QED) is 0.384. The second-order valence-electron chi connectivity index (χ2n) is 9.61. The van der Waals surface area contributed by atoms with Gasteiger partial charge in [0.1, 0.15) is 16.2 Å². The van der Waals surface area contributed by atoms with Gasteiger partial charge in [-0.05, 0) is 69.7 Å². The minimum Gasteiger partial charge on any atom is -0.477 e. The molecule has 0 unspecified atom stereocenters. The van der Waals surface area contributed by atoms with E-state index in [9.17, 15) is 14.7 Å². The van der Waals surface area contributed by atoms with Crippen LogP contribution in [-0.4, -0.2) is 42.2 Å². The molecule has 0 aliphatic heterocycles. The van der Waals surface area contributed by atoms with E-state index >= 15 is 0 Å². The van der Waals surface area contributed by atoms with Crippen molar-refractivity contribution in [2.75, 3.05) is 4.90 Å². The SMILES string of the molecule is CC(C)N(c1nn(-c2ccc(-c3cn4ccccc4n3)s2)cc1C(=O)O)C(=O)[C@H]1CC[C@H](C)CC1. The zero-order valence-corrected chi connectivity index (χ0v) is 20.9. The first-order valence-corrected chi connectivity index (χ1v) is 12.8. The van der Waals surface area contributed by atoms with E-state index in [1.165, 1.54) is 17.5 Å². The number of fused-ring (bicyclic) bond motifs is 1. The summed E-state index contributed by atoms with van der Waals surface area (Å²) < 4.78 is 3.52. The molecule has 1 saturated carbocycles. The van der Waals surface area contributed by atoms with E-state index in [4.69, 9.17) is 0 Å². The summed E-state index contributed by atoms with van der Waals surface area (Å²) in [5, 5.41) is 15.3. The molecule has 0 spiro atoms. The molecule has 0 radical (unpaired) electrons. The third kappa shape index (κ3) is 4.48. The molecule has 0 saturated heterocycles. The number of anilines is 1. The molecular weight excluding hydrogens is 462 g/mol. The fraction of sp³-hybridized carbons (Fsp3) is 0.385. The first-order chi connectivity index (χ1) is 16.8. The Morgan fingerprint density at radius 3 is 2.57 bits per heavy atom.